The summed E-state index contributed by atoms with van der Waals surface area (Å²) in [5, 5.41) is 8.74. The van der Waals surface area contributed by atoms with Gasteiger partial charge in [0.05, 0.1) is 0 Å². The van der Waals surface area contributed by atoms with Crippen LogP contribution in [0.4, 0.5) is 0 Å². The first-order valence-corrected chi connectivity index (χ1v) is 4.64. The molecule has 0 aromatic carbocycles. The Hall–Kier alpha value is -0.790. The van der Waals surface area contributed by atoms with E-state index in [-0.39, 0.29) is 0 Å². The molecule has 2 nitrogen and oxygen atoms in total. The maximum atomic E-state index is 10.6. The monoisotopic (exact) mass is 170 g/mol. The Kier molecular flexibility index (Phi) is 6.44. The molecule has 0 radical (unpaired) electrons. The predicted octanol–water partition coefficient (Wildman–Crippen LogP) is 2.99. The van der Waals surface area contributed by atoms with Gasteiger partial charge >= 0.3 is 5.97 Å². The topological polar surface area (TPSA) is 37.3 Å². The second kappa shape index (κ2) is 6.89. The molecule has 0 aliphatic rings. The summed E-state index contributed by atoms with van der Waals surface area (Å²) in [6, 6.07) is 0. The second-order valence-corrected chi connectivity index (χ2v) is 2.93. The molecule has 0 fully saturated rings. The summed E-state index contributed by atoms with van der Waals surface area (Å²) < 4.78 is 0. The molecule has 0 unspecified atom stereocenters. The van der Waals surface area contributed by atoms with Gasteiger partial charge < -0.3 is 5.11 Å². The molecule has 0 heterocycles. The van der Waals surface area contributed by atoms with E-state index in [4.69, 9.17) is 5.11 Å². The Balaban J connectivity index is 3.90. The molecule has 2 heteroatoms. The van der Waals surface area contributed by atoms with Crippen molar-refractivity contribution in [3.63, 3.8) is 0 Å². The lowest BCUT2D eigenvalue weighted by atomic mass is 10.1. The lowest BCUT2D eigenvalue weighted by molar-refractivity contribution is -0.132. The lowest BCUT2D eigenvalue weighted by Crippen LogP contribution is -1.99. The molecular formula is C10H18O2. The van der Waals surface area contributed by atoms with Crippen molar-refractivity contribution < 1.29 is 9.90 Å². The first-order chi connectivity index (χ1) is 5.72. The molecule has 0 aromatic heterocycles. The zero-order valence-electron chi connectivity index (χ0n) is 7.97. The second-order valence-electron chi connectivity index (χ2n) is 2.93. The molecule has 0 atom stereocenters. The highest BCUT2D eigenvalue weighted by molar-refractivity contribution is 5.86. The molecule has 0 spiro atoms. The highest BCUT2D eigenvalue weighted by atomic mass is 16.4. The quantitative estimate of drug-likeness (QED) is 0.491. The number of carbonyl (C=O) groups is 1. The largest absolute Gasteiger partial charge is 0.478 e. The normalized spacial score (nSPS) is 11.7. The number of unbranched alkanes of at least 4 members (excludes halogenated alkanes) is 2. The van der Waals surface area contributed by atoms with Crippen LogP contribution in [0.15, 0.2) is 11.6 Å². The number of allylic oxidation sites excluding steroid dienone is 1. The zero-order valence-corrected chi connectivity index (χ0v) is 7.97. The molecular weight excluding hydrogens is 152 g/mol. The van der Waals surface area contributed by atoms with Crippen LogP contribution in [-0.4, -0.2) is 11.1 Å². The van der Waals surface area contributed by atoms with Gasteiger partial charge in [0, 0.05) is 5.57 Å². The maximum Gasteiger partial charge on any atom is 0.331 e. The minimum atomic E-state index is -0.757. The third kappa shape index (κ3) is 4.94. The number of carboxylic acids is 1. The molecule has 0 rings (SSSR count). The molecule has 70 valence electrons. The van der Waals surface area contributed by atoms with E-state index in [0.717, 1.165) is 25.7 Å². The Morgan fingerprint density at radius 2 is 2.00 bits per heavy atom. The summed E-state index contributed by atoms with van der Waals surface area (Å²) >= 11 is 0. The van der Waals surface area contributed by atoms with Crippen LogP contribution in [0, 0.1) is 0 Å². The van der Waals surface area contributed by atoms with Crippen molar-refractivity contribution in [1.29, 1.82) is 0 Å². The fourth-order valence-electron chi connectivity index (χ4n) is 1.05. The van der Waals surface area contributed by atoms with Crippen molar-refractivity contribution in [3.05, 3.63) is 11.6 Å². The summed E-state index contributed by atoms with van der Waals surface area (Å²) in [6.07, 6.45) is 6.56. The van der Waals surface area contributed by atoms with Crippen LogP contribution in [0.5, 0.6) is 0 Å². The highest BCUT2D eigenvalue weighted by Gasteiger charge is 2.03. The van der Waals surface area contributed by atoms with Crippen molar-refractivity contribution in [1.82, 2.24) is 0 Å². The Morgan fingerprint density at radius 3 is 2.42 bits per heavy atom. The van der Waals surface area contributed by atoms with Crippen molar-refractivity contribution in [3.8, 4) is 0 Å². The van der Waals surface area contributed by atoms with Gasteiger partial charge in [-0.25, -0.2) is 4.79 Å². The van der Waals surface area contributed by atoms with Crippen LogP contribution < -0.4 is 0 Å². The van der Waals surface area contributed by atoms with Gasteiger partial charge in [0.15, 0.2) is 0 Å². The molecule has 0 aliphatic carbocycles. The van der Waals surface area contributed by atoms with Crippen molar-refractivity contribution >= 4 is 5.97 Å². The summed E-state index contributed by atoms with van der Waals surface area (Å²) in [5.74, 6) is -0.757. The molecule has 0 aromatic rings. The minimum absolute atomic E-state index is 0.575. The smallest absolute Gasteiger partial charge is 0.331 e. The number of hydrogen-bond donors (Lipinski definition) is 1. The molecule has 1 N–H and O–H groups in total. The van der Waals surface area contributed by atoms with Crippen LogP contribution in [0.25, 0.3) is 0 Å². The van der Waals surface area contributed by atoms with Crippen molar-refractivity contribution in [2.45, 2.75) is 46.0 Å². The van der Waals surface area contributed by atoms with Gasteiger partial charge in [0.2, 0.25) is 0 Å². The van der Waals surface area contributed by atoms with Gasteiger partial charge in [-0.15, -0.1) is 0 Å². The van der Waals surface area contributed by atoms with Gasteiger partial charge in [-0.1, -0.05) is 39.2 Å². The first kappa shape index (κ1) is 11.2. The van der Waals surface area contributed by atoms with Gasteiger partial charge in [0.1, 0.15) is 0 Å². The molecule has 0 bridgehead atoms. The third-order valence-corrected chi connectivity index (χ3v) is 1.74. The number of hydrogen-bond acceptors (Lipinski definition) is 1. The van der Waals surface area contributed by atoms with Gasteiger partial charge in [0.25, 0.3) is 0 Å². The summed E-state index contributed by atoms with van der Waals surface area (Å²) in [7, 11) is 0. The maximum absolute atomic E-state index is 10.6. The number of carboxylic acid groups (broad SMARTS) is 1. The van der Waals surface area contributed by atoms with Crippen LogP contribution >= 0.6 is 0 Å². The summed E-state index contributed by atoms with van der Waals surface area (Å²) in [5.41, 5.74) is 0.575. The van der Waals surface area contributed by atoms with E-state index >= 15 is 0 Å². The minimum Gasteiger partial charge on any atom is -0.478 e. The zero-order chi connectivity index (χ0) is 9.40. The Bertz CT molecular complexity index is 159. The van der Waals surface area contributed by atoms with E-state index in [1.165, 1.54) is 0 Å². The molecule has 12 heavy (non-hydrogen) atoms. The number of aliphatic carboxylic acids is 1. The van der Waals surface area contributed by atoms with Gasteiger partial charge in [-0.3, -0.25) is 0 Å². The van der Waals surface area contributed by atoms with Gasteiger partial charge in [-0.05, 0) is 12.8 Å². The Morgan fingerprint density at radius 1 is 1.33 bits per heavy atom. The van der Waals surface area contributed by atoms with E-state index in [9.17, 15) is 4.79 Å². The standard InChI is InChI=1S/C10H18O2/c1-3-5-6-8-9(7-4-2)10(11)12/h8H,3-7H2,1-2H3,(H,11,12)/b9-8-. The van der Waals surface area contributed by atoms with Crippen LogP contribution in [0.2, 0.25) is 0 Å². The van der Waals surface area contributed by atoms with E-state index < -0.39 is 5.97 Å². The van der Waals surface area contributed by atoms with E-state index in [0.29, 0.717) is 12.0 Å². The summed E-state index contributed by atoms with van der Waals surface area (Å²) in [4.78, 5) is 10.6. The molecule has 0 aliphatic heterocycles. The molecule has 0 saturated heterocycles. The number of rotatable bonds is 6. The highest BCUT2D eigenvalue weighted by Crippen LogP contribution is 2.07. The van der Waals surface area contributed by atoms with E-state index in [1.807, 2.05) is 13.0 Å². The average molecular weight is 170 g/mol. The average Bonchev–Trinajstić information content (AvgIpc) is 2.03. The van der Waals surface area contributed by atoms with E-state index in [2.05, 4.69) is 6.92 Å². The fraction of sp³-hybridized carbons (Fsp3) is 0.700. The van der Waals surface area contributed by atoms with Crippen LogP contribution in [0.1, 0.15) is 46.0 Å². The molecule has 0 amide bonds. The molecule has 0 saturated carbocycles. The fourth-order valence-corrected chi connectivity index (χ4v) is 1.05. The van der Waals surface area contributed by atoms with Gasteiger partial charge in [-0.2, -0.15) is 0 Å². The Labute approximate surface area is 74.3 Å². The van der Waals surface area contributed by atoms with Crippen LogP contribution in [0.3, 0.4) is 0 Å². The first-order valence-electron chi connectivity index (χ1n) is 4.64. The van der Waals surface area contributed by atoms with Crippen molar-refractivity contribution in [2.24, 2.45) is 0 Å². The predicted molar refractivity (Wildman–Crippen MR) is 50.2 cm³/mol. The van der Waals surface area contributed by atoms with Crippen LogP contribution in [-0.2, 0) is 4.79 Å². The van der Waals surface area contributed by atoms with Crippen molar-refractivity contribution in [2.75, 3.05) is 0 Å². The van der Waals surface area contributed by atoms with E-state index in [1.54, 1.807) is 0 Å². The third-order valence-electron chi connectivity index (χ3n) is 1.74. The SMILES string of the molecule is CCCC/C=C(/CCC)C(=O)O. The lowest BCUT2D eigenvalue weighted by Gasteiger charge is -1.98. The summed E-state index contributed by atoms with van der Waals surface area (Å²) in [6.45, 7) is 4.10.